The summed E-state index contributed by atoms with van der Waals surface area (Å²) in [5, 5.41) is 0.282. The Balaban J connectivity index is 1.37. The molecule has 4 aromatic carbocycles. The van der Waals surface area contributed by atoms with E-state index < -0.39 is 0 Å². The molecule has 0 amide bonds. The predicted molar refractivity (Wildman–Crippen MR) is 150 cm³/mol. The Morgan fingerprint density at radius 1 is 0.316 bits per heavy atom. The van der Waals surface area contributed by atoms with Gasteiger partial charge in [-0.1, -0.05) is 97.1 Å². The third-order valence-electron chi connectivity index (χ3n) is 5.86. The first kappa shape index (κ1) is 23.9. The van der Waals surface area contributed by atoms with Gasteiger partial charge in [0.15, 0.2) is 23.3 Å². The maximum atomic E-state index is 6.27. The van der Waals surface area contributed by atoms with Crippen LogP contribution in [-0.2, 0) is 0 Å². The molecule has 0 aliphatic heterocycles. The lowest BCUT2D eigenvalue weighted by molar-refractivity contribution is 1.06. The van der Waals surface area contributed by atoms with E-state index in [9.17, 15) is 0 Å². The summed E-state index contributed by atoms with van der Waals surface area (Å²) in [5.41, 5.74) is 5.34. The number of nitrogens with zero attached hydrogens (tertiary/aromatic N) is 6. The van der Waals surface area contributed by atoms with Gasteiger partial charge in [-0.25, -0.2) is 9.97 Å². The number of rotatable bonds is 5. The fourth-order valence-electron chi connectivity index (χ4n) is 4.07. The molecule has 6 aromatic rings. The van der Waals surface area contributed by atoms with Crippen molar-refractivity contribution >= 4 is 23.2 Å². The summed E-state index contributed by atoms with van der Waals surface area (Å²) in [5.74, 6) is 2.04. The molecule has 0 radical (unpaired) electrons. The molecule has 0 aliphatic carbocycles. The fourth-order valence-corrected chi connectivity index (χ4v) is 4.39. The van der Waals surface area contributed by atoms with Crippen molar-refractivity contribution < 1.29 is 0 Å². The van der Waals surface area contributed by atoms with Crippen LogP contribution in [-0.4, -0.2) is 29.9 Å². The second kappa shape index (κ2) is 10.5. The first-order chi connectivity index (χ1) is 18.6. The van der Waals surface area contributed by atoms with Gasteiger partial charge in [-0.3, -0.25) is 0 Å². The summed E-state index contributed by atoms with van der Waals surface area (Å²) in [4.78, 5) is 26.7. The lowest BCUT2D eigenvalue weighted by Crippen LogP contribution is -1.98. The minimum absolute atomic E-state index is 0.141. The monoisotopic (exact) mass is 532 g/mol. The van der Waals surface area contributed by atoms with E-state index in [0.717, 1.165) is 33.4 Å². The molecule has 0 saturated heterocycles. The number of benzene rings is 4. The molecule has 0 unspecified atom stereocenters. The van der Waals surface area contributed by atoms with E-state index in [0.29, 0.717) is 23.3 Å². The molecule has 182 valence electrons. The lowest BCUT2D eigenvalue weighted by Gasteiger charge is -2.09. The highest BCUT2D eigenvalue weighted by Crippen LogP contribution is 2.30. The second-order valence-corrected chi connectivity index (χ2v) is 9.07. The molecule has 0 bridgehead atoms. The highest BCUT2D eigenvalue weighted by Gasteiger charge is 2.13. The quantitative estimate of drug-likeness (QED) is 0.226. The molecular weight excluding hydrogens is 515 g/mol. The van der Waals surface area contributed by atoms with Gasteiger partial charge in [0.1, 0.15) is 0 Å². The molecule has 0 fully saturated rings. The van der Waals surface area contributed by atoms with Crippen LogP contribution in [0.5, 0.6) is 0 Å². The Labute approximate surface area is 229 Å². The summed E-state index contributed by atoms with van der Waals surface area (Å²) in [6, 6.07) is 35.3. The lowest BCUT2D eigenvalue weighted by atomic mass is 10.0. The molecule has 2 heterocycles. The number of hydrogen-bond acceptors (Lipinski definition) is 6. The SMILES string of the molecule is Clc1nc(-c2ccccc2)nc(-c2cccc(-c3cccc(-c4nc(Cl)nc(-c5ccccc5)n4)c3)c2)n1. The highest BCUT2D eigenvalue weighted by molar-refractivity contribution is 6.28. The minimum Gasteiger partial charge on any atom is -0.208 e. The summed E-state index contributed by atoms with van der Waals surface area (Å²) in [6.07, 6.45) is 0. The summed E-state index contributed by atoms with van der Waals surface area (Å²) < 4.78 is 0. The Morgan fingerprint density at radius 2 is 0.632 bits per heavy atom. The average molecular weight is 533 g/mol. The molecule has 8 heteroatoms. The molecule has 6 rings (SSSR count). The molecule has 0 N–H and O–H groups in total. The molecule has 0 spiro atoms. The first-order valence-electron chi connectivity index (χ1n) is 11.8. The van der Waals surface area contributed by atoms with Gasteiger partial charge in [0.2, 0.25) is 10.6 Å². The van der Waals surface area contributed by atoms with E-state index in [4.69, 9.17) is 23.2 Å². The van der Waals surface area contributed by atoms with Crippen molar-refractivity contribution in [1.82, 2.24) is 29.9 Å². The van der Waals surface area contributed by atoms with Crippen LogP contribution in [0.15, 0.2) is 109 Å². The number of halogens is 2. The van der Waals surface area contributed by atoms with E-state index in [1.807, 2.05) is 109 Å². The van der Waals surface area contributed by atoms with Crippen molar-refractivity contribution in [2.75, 3.05) is 0 Å². The van der Waals surface area contributed by atoms with Gasteiger partial charge in [0, 0.05) is 22.3 Å². The van der Waals surface area contributed by atoms with Crippen LogP contribution in [0.3, 0.4) is 0 Å². The number of hydrogen-bond donors (Lipinski definition) is 0. The smallest absolute Gasteiger partial charge is 0.208 e. The van der Waals surface area contributed by atoms with Crippen LogP contribution in [0, 0.1) is 0 Å². The third kappa shape index (κ3) is 5.13. The standard InChI is InChI=1S/C30H18Cl2N6/c31-29-35-25(19-9-3-1-4-10-19)33-27(37-29)23-15-7-13-21(17-23)22-14-8-16-24(18-22)28-34-26(36-30(32)38-28)20-11-5-2-6-12-20/h1-18H. The topological polar surface area (TPSA) is 77.3 Å². The van der Waals surface area contributed by atoms with Crippen molar-refractivity contribution in [1.29, 1.82) is 0 Å². The van der Waals surface area contributed by atoms with E-state index in [1.165, 1.54) is 0 Å². The third-order valence-corrected chi connectivity index (χ3v) is 6.19. The largest absolute Gasteiger partial charge is 0.226 e. The second-order valence-electron chi connectivity index (χ2n) is 8.40. The van der Waals surface area contributed by atoms with Gasteiger partial charge >= 0.3 is 0 Å². The van der Waals surface area contributed by atoms with Gasteiger partial charge in [-0.05, 0) is 46.5 Å². The predicted octanol–water partition coefficient (Wildman–Crippen LogP) is 7.70. The zero-order valence-corrected chi connectivity index (χ0v) is 21.3. The molecular formula is C30H18Cl2N6. The first-order valence-corrected chi connectivity index (χ1v) is 12.5. The molecule has 6 nitrogen and oxygen atoms in total. The minimum atomic E-state index is 0.141. The molecule has 0 saturated carbocycles. The zero-order chi connectivity index (χ0) is 25.9. The Hall–Kier alpha value is -4.52. The van der Waals surface area contributed by atoms with E-state index in [-0.39, 0.29) is 10.6 Å². The summed E-state index contributed by atoms with van der Waals surface area (Å²) >= 11 is 12.5. The molecule has 2 aromatic heterocycles. The molecule has 0 atom stereocenters. The van der Waals surface area contributed by atoms with Crippen LogP contribution in [0.4, 0.5) is 0 Å². The summed E-state index contributed by atoms with van der Waals surface area (Å²) in [6.45, 7) is 0. The van der Waals surface area contributed by atoms with Crippen LogP contribution < -0.4 is 0 Å². The van der Waals surface area contributed by atoms with Gasteiger partial charge < -0.3 is 0 Å². The molecule has 0 aliphatic rings. The number of aromatic nitrogens is 6. The summed E-state index contributed by atoms with van der Waals surface area (Å²) in [7, 11) is 0. The van der Waals surface area contributed by atoms with Crippen LogP contribution in [0.1, 0.15) is 0 Å². The molecule has 38 heavy (non-hydrogen) atoms. The van der Waals surface area contributed by atoms with Crippen molar-refractivity contribution in [2.24, 2.45) is 0 Å². The van der Waals surface area contributed by atoms with Gasteiger partial charge in [-0.2, -0.15) is 19.9 Å². The van der Waals surface area contributed by atoms with E-state index >= 15 is 0 Å². The van der Waals surface area contributed by atoms with Gasteiger partial charge in [-0.15, -0.1) is 0 Å². The van der Waals surface area contributed by atoms with Gasteiger partial charge in [0.25, 0.3) is 0 Å². The van der Waals surface area contributed by atoms with Crippen LogP contribution >= 0.6 is 23.2 Å². The zero-order valence-electron chi connectivity index (χ0n) is 19.8. The van der Waals surface area contributed by atoms with Crippen LogP contribution in [0.2, 0.25) is 10.6 Å². The maximum absolute atomic E-state index is 6.27. The van der Waals surface area contributed by atoms with Crippen molar-refractivity contribution in [3.05, 3.63) is 120 Å². The normalized spacial score (nSPS) is 10.9. The van der Waals surface area contributed by atoms with Gasteiger partial charge in [0.05, 0.1) is 0 Å². The average Bonchev–Trinajstić information content (AvgIpc) is 2.97. The van der Waals surface area contributed by atoms with E-state index in [1.54, 1.807) is 0 Å². The van der Waals surface area contributed by atoms with Crippen molar-refractivity contribution in [3.8, 4) is 56.7 Å². The van der Waals surface area contributed by atoms with Crippen LogP contribution in [0.25, 0.3) is 56.7 Å². The Kier molecular flexibility index (Phi) is 6.56. The Morgan fingerprint density at radius 3 is 1.03 bits per heavy atom. The van der Waals surface area contributed by atoms with Crippen molar-refractivity contribution in [2.45, 2.75) is 0 Å². The van der Waals surface area contributed by atoms with E-state index in [2.05, 4.69) is 29.9 Å². The highest BCUT2D eigenvalue weighted by atomic mass is 35.5. The fraction of sp³-hybridized carbons (Fsp3) is 0. The maximum Gasteiger partial charge on any atom is 0.226 e. The van der Waals surface area contributed by atoms with Crippen molar-refractivity contribution in [3.63, 3.8) is 0 Å². The Bertz CT molecular complexity index is 1610.